The third kappa shape index (κ3) is 4.09. The molecule has 0 fully saturated rings. The van der Waals surface area contributed by atoms with Crippen molar-refractivity contribution in [2.75, 3.05) is 0 Å². The van der Waals surface area contributed by atoms with Crippen molar-refractivity contribution in [3.05, 3.63) is 35.4 Å². The lowest BCUT2D eigenvalue weighted by atomic mass is 9.67. The maximum absolute atomic E-state index is 10.8. The Bertz CT molecular complexity index is 439. The Kier molecular flexibility index (Phi) is 6.25. The highest BCUT2D eigenvalue weighted by atomic mass is 16.4. The fourth-order valence-electron chi connectivity index (χ4n) is 3.22. The zero-order valence-corrected chi connectivity index (χ0v) is 13.3. The van der Waals surface area contributed by atoms with Crippen molar-refractivity contribution < 1.29 is 9.90 Å². The first kappa shape index (κ1) is 16.7. The van der Waals surface area contributed by atoms with Crippen molar-refractivity contribution in [3.8, 4) is 0 Å². The van der Waals surface area contributed by atoms with E-state index in [2.05, 4.69) is 52.0 Å². The molecule has 1 aromatic rings. The van der Waals surface area contributed by atoms with Crippen molar-refractivity contribution in [1.29, 1.82) is 0 Å². The Morgan fingerprint density at radius 1 is 1.35 bits per heavy atom. The van der Waals surface area contributed by atoms with Crippen LogP contribution >= 0.6 is 0 Å². The molecule has 2 unspecified atom stereocenters. The lowest BCUT2D eigenvalue weighted by Crippen LogP contribution is -2.31. The second kappa shape index (κ2) is 7.47. The van der Waals surface area contributed by atoms with Crippen LogP contribution in [0.5, 0.6) is 0 Å². The molecule has 0 spiro atoms. The van der Waals surface area contributed by atoms with E-state index in [0.717, 1.165) is 12.8 Å². The molecule has 1 N–H and O–H groups in total. The summed E-state index contributed by atoms with van der Waals surface area (Å²) >= 11 is 0. The van der Waals surface area contributed by atoms with Crippen LogP contribution in [0.2, 0.25) is 0 Å². The van der Waals surface area contributed by atoms with Gasteiger partial charge in [0.1, 0.15) is 0 Å². The van der Waals surface area contributed by atoms with Crippen LogP contribution in [0.3, 0.4) is 0 Å². The van der Waals surface area contributed by atoms with Gasteiger partial charge in [0, 0.05) is 6.42 Å². The molecule has 2 heteroatoms. The number of carbonyl (C=O) groups is 1. The highest BCUT2D eigenvalue weighted by molar-refractivity contribution is 5.66. The van der Waals surface area contributed by atoms with E-state index in [0.29, 0.717) is 5.92 Å². The number of hydrogen-bond acceptors (Lipinski definition) is 1. The fourth-order valence-corrected chi connectivity index (χ4v) is 3.22. The van der Waals surface area contributed by atoms with E-state index < -0.39 is 5.97 Å². The fraction of sp³-hybridized carbons (Fsp3) is 0.611. The lowest BCUT2D eigenvalue weighted by molar-refractivity contribution is -0.137. The number of carboxylic acid groups (broad SMARTS) is 1. The Balaban J connectivity index is 3.00. The van der Waals surface area contributed by atoms with Gasteiger partial charge in [0.25, 0.3) is 0 Å². The third-order valence-electron chi connectivity index (χ3n) is 4.66. The second-order valence-electron chi connectivity index (χ2n) is 6.17. The molecular formula is C18H28O2. The maximum atomic E-state index is 10.8. The summed E-state index contributed by atoms with van der Waals surface area (Å²) in [5, 5.41) is 8.88. The Labute approximate surface area is 123 Å². The molecule has 1 rings (SSSR count). The van der Waals surface area contributed by atoms with Gasteiger partial charge in [-0.05, 0) is 42.2 Å². The molecule has 0 saturated carbocycles. The van der Waals surface area contributed by atoms with Crippen LogP contribution in [0.1, 0.15) is 64.0 Å². The van der Waals surface area contributed by atoms with E-state index >= 15 is 0 Å². The van der Waals surface area contributed by atoms with Gasteiger partial charge in [-0.1, -0.05) is 57.9 Å². The number of carboxylic acids is 1. The number of aliphatic carboxylic acids is 1. The smallest absolute Gasteiger partial charge is 0.303 e. The molecule has 20 heavy (non-hydrogen) atoms. The zero-order chi connectivity index (χ0) is 15.2. The monoisotopic (exact) mass is 276 g/mol. The van der Waals surface area contributed by atoms with Crippen molar-refractivity contribution in [2.45, 2.75) is 65.2 Å². The molecule has 0 heterocycles. The highest BCUT2D eigenvalue weighted by Gasteiger charge is 2.33. The maximum Gasteiger partial charge on any atom is 0.303 e. The quantitative estimate of drug-likeness (QED) is 0.730. The third-order valence-corrected chi connectivity index (χ3v) is 4.66. The molecule has 0 aromatic heterocycles. The SMILES string of the molecule is CCCC(C)C(C)(CCCC(=O)O)c1ccccc1C. The van der Waals surface area contributed by atoms with Crippen LogP contribution in [0.25, 0.3) is 0 Å². The predicted molar refractivity (Wildman–Crippen MR) is 84.1 cm³/mol. The summed E-state index contributed by atoms with van der Waals surface area (Å²) < 4.78 is 0. The molecular weight excluding hydrogens is 248 g/mol. The molecule has 2 atom stereocenters. The van der Waals surface area contributed by atoms with E-state index in [1.807, 2.05) is 0 Å². The topological polar surface area (TPSA) is 37.3 Å². The highest BCUT2D eigenvalue weighted by Crippen LogP contribution is 2.40. The number of aryl methyl sites for hydroxylation is 1. The van der Waals surface area contributed by atoms with Gasteiger partial charge in [-0.15, -0.1) is 0 Å². The summed E-state index contributed by atoms with van der Waals surface area (Å²) in [5.74, 6) is -0.136. The molecule has 0 aliphatic heterocycles. The standard InChI is InChI=1S/C18H28O2/c1-5-9-15(3)18(4,13-8-12-17(19)20)16-11-7-6-10-14(16)2/h6-7,10-11,15H,5,8-9,12-13H2,1-4H3,(H,19,20). The number of hydrogen-bond donors (Lipinski definition) is 1. The van der Waals surface area contributed by atoms with E-state index in [4.69, 9.17) is 5.11 Å². The van der Waals surface area contributed by atoms with E-state index in [1.54, 1.807) is 0 Å². The molecule has 1 aromatic carbocycles. The summed E-state index contributed by atoms with van der Waals surface area (Å²) in [6.45, 7) is 8.98. The molecule has 0 aliphatic carbocycles. The Morgan fingerprint density at radius 2 is 2.00 bits per heavy atom. The molecule has 0 saturated heterocycles. The van der Waals surface area contributed by atoms with Crippen LogP contribution in [0, 0.1) is 12.8 Å². The number of rotatable bonds is 8. The van der Waals surface area contributed by atoms with E-state index in [9.17, 15) is 4.79 Å². The van der Waals surface area contributed by atoms with Gasteiger partial charge in [-0.25, -0.2) is 0 Å². The normalized spacial score (nSPS) is 15.6. The average Bonchev–Trinajstić information content (AvgIpc) is 2.38. The minimum atomic E-state index is -0.694. The summed E-state index contributed by atoms with van der Waals surface area (Å²) in [6.07, 6.45) is 4.29. The predicted octanol–water partition coefficient (Wildman–Crippen LogP) is 4.94. The van der Waals surface area contributed by atoms with Gasteiger partial charge >= 0.3 is 5.97 Å². The van der Waals surface area contributed by atoms with E-state index in [1.165, 1.54) is 24.0 Å². The Morgan fingerprint density at radius 3 is 2.55 bits per heavy atom. The molecule has 2 nitrogen and oxygen atoms in total. The summed E-state index contributed by atoms with van der Waals surface area (Å²) in [4.78, 5) is 10.8. The van der Waals surface area contributed by atoms with Crippen LogP contribution in [-0.2, 0) is 10.2 Å². The second-order valence-corrected chi connectivity index (χ2v) is 6.17. The first-order valence-electron chi connectivity index (χ1n) is 7.69. The molecule has 0 radical (unpaired) electrons. The van der Waals surface area contributed by atoms with Crippen molar-refractivity contribution in [1.82, 2.24) is 0 Å². The summed E-state index contributed by atoms with van der Waals surface area (Å²) in [5.41, 5.74) is 2.76. The molecule has 0 aliphatic rings. The van der Waals surface area contributed by atoms with Crippen LogP contribution in [0.15, 0.2) is 24.3 Å². The Hall–Kier alpha value is -1.31. The average molecular weight is 276 g/mol. The van der Waals surface area contributed by atoms with Crippen LogP contribution in [-0.4, -0.2) is 11.1 Å². The summed E-state index contributed by atoms with van der Waals surface area (Å²) in [7, 11) is 0. The van der Waals surface area contributed by atoms with Gasteiger partial charge < -0.3 is 5.11 Å². The molecule has 0 amide bonds. The molecule has 0 bridgehead atoms. The minimum absolute atomic E-state index is 0.0663. The summed E-state index contributed by atoms with van der Waals surface area (Å²) in [6, 6.07) is 8.53. The lowest BCUT2D eigenvalue weighted by Gasteiger charge is -2.38. The van der Waals surface area contributed by atoms with Crippen molar-refractivity contribution in [2.24, 2.45) is 5.92 Å². The van der Waals surface area contributed by atoms with Gasteiger partial charge in [-0.2, -0.15) is 0 Å². The largest absolute Gasteiger partial charge is 0.481 e. The van der Waals surface area contributed by atoms with E-state index in [-0.39, 0.29) is 11.8 Å². The first-order chi connectivity index (χ1) is 9.41. The van der Waals surface area contributed by atoms with Crippen LogP contribution < -0.4 is 0 Å². The van der Waals surface area contributed by atoms with Crippen molar-refractivity contribution in [3.63, 3.8) is 0 Å². The molecule has 112 valence electrons. The van der Waals surface area contributed by atoms with Crippen molar-refractivity contribution >= 4 is 5.97 Å². The van der Waals surface area contributed by atoms with Gasteiger partial charge in [0.2, 0.25) is 0 Å². The van der Waals surface area contributed by atoms with Gasteiger partial charge in [0.15, 0.2) is 0 Å². The van der Waals surface area contributed by atoms with Crippen LogP contribution in [0.4, 0.5) is 0 Å². The first-order valence-corrected chi connectivity index (χ1v) is 7.69. The minimum Gasteiger partial charge on any atom is -0.481 e. The number of benzene rings is 1. The van der Waals surface area contributed by atoms with Gasteiger partial charge in [0.05, 0.1) is 0 Å². The van der Waals surface area contributed by atoms with Gasteiger partial charge in [-0.3, -0.25) is 4.79 Å². The zero-order valence-electron chi connectivity index (χ0n) is 13.3.